The van der Waals surface area contributed by atoms with Crippen molar-refractivity contribution >= 4 is 28.7 Å². The first-order valence-electron chi connectivity index (χ1n) is 13.4. The molecule has 5 rings (SSSR count). The maximum Gasteiger partial charge on any atom is 0.255 e. The van der Waals surface area contributed by atoms with Gasteiger partial charge in [0.1, 0.15) is 17.2 Å². The van der Waals surface area contributed by atoms with Gasteiger partial charge in [-0.15, -0.1) is 0 Å². The maximum absolute atomic E-state index is 13.6. The van der Waals surface area contributed by atoms with E-state index in [-0.39, 0.29) is 11.8 Å². The van der Waals surface area contributed by atoms with Crippen molar-refractivity contribution in [2.45, 2.75) is 26.3 Å². The summed E-state index contributed by atoms with van der Waals surface area (Å²) in [5, 5.41) is 6.24. The Balaban J connectivity index is 1.69. The van der Waals surface area contributed by atoms with E-state index in [1.165, 1.54) is 19.2 Å². The van der Waals surface area contributed by atoms with Gasteiger partial charge in [0.25, 0.3) is 11.8 Å². The zero-order valence-corrected chi connectivity index (χ0v) is 23.7. The Kier molecular flexibility index (Phi) is 7.39. The van der Waals surface area contributed by atoms with E-state index < -0.39 is 17.3 Å². The summed E-state index contributed by atoms with van der Waals surface area (Å²) in [6.45, 7) is 5.66. The minimum absolute atomic E-state index is 0.304. The highest BCUT2D eigenvalue weighted by Crippen LogP contribution is 2.37. The van der Waals surface area contributed by atoms with Gasteiger partial charge in [-0.1, -0.05) is 36.4 Å². The Labute approximate surface area is 242 Å². The van der Waals surface area contributed by atoms with Gasteiger partial charge in [-0.3, -0.25) is 14.4 Å². The molecule has 0 aliphatic heterocycles. The fourth-order valence-corrected chi connectivity index (χ4v) is 4.92. The zero-order chi connectivity index (χ0) is 30.2. The van der Waals surface area contributed by atoms with E-state index in [4.69, 9.17) is 10.2 Å². The number of fused-ring (bicyclic) bond motifs is 1. The van der Waals surface area contributed by atoms with Crippen LogP contribution >= 0.6 is 0 Å². The average Bonchev–Trinajstić information content (AvgIpc) is 3.34. The van der Waals surface area contributed by atoms with Gasteiger partial charge >= 0.3 is 0 Å². The van der Waals surface area contributed by atoms with E-state index in [2.05, 4.69) is 10.6 Å². The lowest BCUT2D eigenvalue weighted by atomic mass is 9.91. The summed E-state index contributed by atoms with van der Waals surface area (Å²) in [5.74, 6) is -1.33. The summed E-state index contributed by atoms with van der Waals surface area (Å²) in [6, 6.07) is 23.4. The van der Waals surface area contributed by atoms with Crippen LogP contribution in [0.5, 0.6) is 0 Å². The standard InChI is InChI=1S/C34H30FN3O4/c1-34(2,3)38-32(40)26-17-20(11-15-24(26)23-7-5-6-8-25(23)31(36)39)21-12-16-28-27(18-21)29(33(41)37-4)30(42-28)19-9-13-22(35)14-10-19/h5-18H,1-4H3,(H2,36,39)(H,37,41)(H,38,40). The van der Waals surface area contributed by atoms with Crippen LogP contribution in [0.2, 0.25) is 0 Å². The van der Waals surface area contributed by atoms with Gasteiger partial charge in [0.05, 0.1) is 5.56 Å². The molecule has 1 heterocycles. The lowest BCUT2D eigenvalue weighted by Gasteiger charge is -2.22. The van der Waals surface area contributed by atoms with Gasteiger partial charge < -0.3 is 20.8 Å². The summed E-state index contributed by atoms with van der Waals surface area (Å²) >= 11 is 0. The molecule has 0 fully saturated rings. The maximum atomic E-state index is 13.6. The number of halogens is 1. The topological polar surface area (TPSA) is 114 Å². The van der Waals surface area contributed by atoms with Crippen molar-refractivity contribution in [1.82, 2.24) is 10.6 Å². The number of furan rings is 1. The second kappa shape index (κ2) is 11.0. The third kappa shape index (κ3) is 5.51. The quantitative estimate of drug-likeness (QED) is 0.217. The third-order valence-corrected chi connectivity index (χ3v) is 6.82. The van der Waals surface area contributed by atoms with Crippen LogP contribution in [0.3, 0.4) is 0 Å². The van der Waals surface area contributed by atoms with Crippen LogP contribution in [-0.2, 0) is 0 Å². The van der Waals surface area contributed by atoms with Gasteiger partial charge in [0.2, 0.25) is 5.91 Å². The molecule has 8 heteroatoms. The zero-order valence-electron chi connectivity index (χ0n) is 23.7. The molecule has 0 spiro atoms. The smallest absolute Gasteiger partial charge is 0.255 e. The second-order valence-corrected chi connectivity index (χ2v) is 11.0. The number of nitrogens with one attached hydrogen (secondary N) is 2. The molecule has 4 N–H and O–H groups in total. The van der Waals surface area contributed by atoms with Crippen molar-refractivity contribution in [2.24, 2.45) is 5.73 Å². The van der Waals surface area contributed by atoms with Crippen LogP contribution in [0.4, 0.5) is 4.39 Å². The molecular formula is C34H30FN3O4. The third-order valence-electron chi connectivity index (χ3n) is 6.82. The molecule has 0 unspecified atom stereocenters. The number of carbonyl (C=O) groups is 3. The average molecular weight is 564 g/mol. The Morgan fingerprint density at radius 3 is 2.05 bits per heavy atom. The van der Waals surface area contributed by atoms with Gasteiger partial charge in [0, 0.05) is 34.7 Å². The fourth-order valence-electron chi connectivity index (χ4n) is 4.92. The van der Waals surface area contributed by atoms with Gasteiger partial charge in [-0.25, -0.2) is 4.39 Å². The highest BCUT2D eigenvalue weighted by molar-refractivity contribution is 6.12. The first-order chi connectivity index (χ1) is 20.0. The van der Waals surface area contributed by atoms with Crippen molar-refractivity contribution in [3.05, 3.63) is 107 Å². The first kappa shape index (κ1) is 28.3. The highest BCUT2D eigenvalue weighted by Gasteiger charge is 2.24. The molecule has 0 saturated heterocycles. The van der Waals surface area contributed by atoms with Crippen molar-refractivity contribution in [1.29, 1.82) is 0 Å². The molecule has 7 nitrogen and oxygen atoms in total. The Morgan fingerprint density at radius 1 is 0.762 bits per heavy atom. The van der Waals surface area contributed by atoms with E-state index in [0.29, 0.717) is 55.7 Å². The Morgan fingerprint density at radius 2 is 1.38 bits per heavy atom. The van der Waals surface area contributed by atoms with Gasteiger partial charge in [-0.05, 0) is 91.6 Å². The Hall–Kier alpha value is -5.24. The molecule has 0 aliphatic rings. The van der Waals surface area contributed by atoms with E-state index in [9.17, 15) is 18.8 Å². The fraction of sp³-hybridized carbons (Fsp3) is 0.147. The van der Waals surface area contributed by atoms with Crippen molar-refractivity contribution in [3.63, 3.8) is 0 Å². The second-order valence-electron chi connectivity index (χ2n) is 11.0. The molecule has 3 amide bonds. The number of carbonyl (C=O) groups excluding carboxylic acids is 3. The number of primary amides is 1. The largest absolute Gasteiger partial charge is 0.455 e. The van der Waals surface area contributed by atoms with E-state index in [0.717, 1.165) is 5.56 Å². The molecule has 0 bridgehead atoms. The van der Waals surface area contributed by atoms with Crippen LogP contribution in [0.15, 0.2) is 89.3 Å². The number of hydrogen-bond acceptors (Lipinski definition) is 4. The number of hydrogen-bond donors (Lipinski definition) is 3. The number of rotatable bonds is 6. The summed E-state index contributed by atoms with van der Waals surface area (Å²) in [4.78, 5) is 38.8. The molecule has 0 atom stereocenters. The van der Waals surface area contributed by atoms with E-state index in [1.54, 1.807) is 54.6 Å². The van der Waals surface area contributed by atoms with Crippen LogP contribution in [0, 0.1) is 5.82 Å². The molecule has 212 valence electrons. The SMILES string of the molecule is CNC(=O)c1c(-c2ccc(F)cc2)oc2ccc(-c3ccc(-c4ccccc4C(N)=O)c(C(=O)NC(C)(C)C)c3)cc12. The lowest BCUT2D eigenvalue weighted by molar-refractivity contribution is 0.0917. The monoisotopic (exact) mass is 563 g/mol. The van der Waals surface area contributed by atoms with Crippen molar-refractivity contribution in [3.8, 4) is 33.6 Å². The minimum atomic E-state index is -0.596. The van der Waals surface area contributed by atoms with Crippen LogP contribution in [-0.4, -0.2) is 30.3 Å². The predicted octanol–water partition coefficient (Wildman–Crippen LogP) is 6.56. The molecular weight excluding hydrogens is 533 g/mol. The molecule has 5 aromatic rings. The minimum Gasteiger partial charge on any atom is -0.455 e. The van der Waals surface area contributed by atoms with Gasteiger partial charge in [0.15, 0.2) is 0 Å². The lowest BCUT2D eigenvalue weighted by Crippen LogP contribution is -2.40. The molecule has 4 aromatic carbocycles. The first-order valence-corrected chi connectivity index (χ1v) is 13.4. The molecule has 0 radical (unpaired) electrons. The Bertz CT molecular complexity index is 1850. The van der Waals surface area contributed by atoms with Crippen LogP contribution in [0.1, 0.15) is 51.8 Å². The van der Waals surface area contributed by atoms with Crippen LogP contribution in [0.25, 0.3) is 44.5 Å². The number of amides is 3. The molecule has 1 aromatic heterocycles. The number of nitrogens with two attached hydrogens (primary N) is 1. The molecule has 0 saturated carbocycles. The highest BCUT2D eigenvalue weighted by atomic mass is 19.1. The van der Waals surface area contributed by atoms with E-state index >= 15 is 0 Å². The summed E-state index contributed by atoms with van der Waals surface area (Å²) in [7, 11) is 1.53. The summed E-state index contributed by atoms with van der Waals surface area (Å²) < 4.78 is 19.7. The van der Waals surface area contributed by atoms with Gasteiger partial charge in [-0.2, -0.15) is 0 Å². The predicted molar refractivity (Wildman–Crippen MR) is 162 cm³/mol. The molecule has 42 heavy (non-hydrogen) atoms. The van der Waals surface area contributed by atoms with Crippen molar-refractivity contribution < 1.29 is 23.2 Å². The normalized spacial score (nSPS) is 11.4. The summed E-state index contributed by atoms with van der Waals surface area (Å²) in [5.41, 5.74) is 9.73. The molecule has 0 aliphatic carbocycles. The summed E-state index contributed by atoms with van der Waals surface area (Å²) in [6.07, 6.45) is 0. The number of benzene rings is 4. The van der Waals surface area contributed by atoms with E-state index in [1.807, 2.05) is 39.0 Å². The van der Waals surface area contributed by atoms with Crippen LogP contribution < -0.4 is 16.4 Å². The van der Waals surface area contributed by atoms with Crippen molar-refractivity contribution in [2.75, 3.05) is 7.05 Å².